The minimum atomic E-state index is -0.884. The zero-order valence-electron chi connectivity index (χ0n) is 10.7. The zero-order chi connectivity index (χ0) is 14.8. The van der Waals surface area contributed by atoms with E-state index in [1.165, 1.54) is 12.1 Å². The third-order valence-corrected chi connectivity index (χ3v) is 4.08. The third kappa shape index (κ3) is 2.77. The molecule has 2 rings (SSSR count). The van der Waals surface area contributed by atoms with Gasteiger partial charge in [-0.1, -0.05) is 33.9 Å². The van der Waals surface area contributed by atoms with Crippen LogP contribution in [0.15, 0.2) is 27.8 Å². The molecule has 0 aromatic heterocycles. The Bertz CT molecular complexity index is 557. The van der Waals surface area contributed by atoms with Crippen molar-refractivity contribution in [3.63, 3.8) is 0 Å². The van der Waals surface area contributed by atoms with Gasteiger partial charge in [0.15, 0.2) is 5.84 Å². The summed E-state index contributed by atoms with van der Waals surface area (Å²) in [4.78, 5) is 12.2. The van der Waals surface area contributed by atoms with Gasteiger partial charge in [0.1, 0.15) is 11.4 Å². The fraction of sp³-hybridized carbons (Fsp3) is 0.385. The van der Waals surface area contributed by atoms with Gasteiger partial charge in [0.2, 0.25) is 0 Å². The molecule has 1 fully saturated rings. The summed E-state index contributed by atoms with van der Waals surface area (Å²) in [5.41, 5.74) is 4.74. The summed E-state index contributed by atoms with van der Waals surface area (Å²) in [5, 5.41) is 14.6. The van der Waals surface area contributed by atoms with Crippen molar-refractivity contribution in [2.75, 3.05) is 0 Å². The maximum Gasteiger partial charge on any atom is 0.255 e. The number of nitrogens with one attached hydrogen (secondary N) is 1. The smallest absolute Gasteiger partial charge is 0.255 e. The highest BCUT2D eigenvalue weighted by molar-refractivity contribution is 9.10. The normalized spacial score (nSPS) is 18.0. The van der Waals surface area contributed by atoms with Gasteiger partial charge in [0, 0.05) is 4.47 Å². The number of nitrogens with two attached hydrogens (primary N) is 1. The van der Waals surface area contributed by atoms with Crippen molar-refractivity contribution in [1.82, 2.24) is 5.32 Å². The Morgan fingerprint density at radius 2 is 2.10 bits per heavy atom. The molecule has 0 bridgehead atoms. The SMILES string of the molecule is N/C(=N/O)C1(NC(=O)c2ccc(Br)cc2F)CCCC1. The first-order chi connectivity index (χ1) is 9.48. The molecule has 1 aliphatic carbocycles. The monoisotopic (exact) mass is 343 g/mol. The second-order valence-corrected chi connectivity index (χ2v) is 5.77. The number of amidine groups is 1. The van der Waals surface area contributed by atoms with Crippen LogP contribution in [0.5, 0.6) is 0 Å². The molecule has 0 unspecified atom stereocenters. The molecule has 0 saturated heterocycles. The predicted octanol–water partition coefficient (Wildman–Crippen LogP) is 2.38. The van der Waals surface area contributed by atoms with Crippen LogP contribution in [0.3, 0.4) is 0 Å². The Labute approximate surface area is 124 Å². The number of rotatable bonds is 3. The van der Waals surface area contributed by atoms with Crippen LogP contribution in [-0.4, -0.2) is 22.5 Å². The fourth-order valence-electron chi connectivity index (χ4n) is 2.48. The van der Waals surface area contributed by atoms with E-state index in [0.717, 1.165) is 12.8 Å². The summed E-state index contributed by atoms with van der Waals surface area (Å²) < 4.78 is 14.3. The lowest BCUT2D eigenvalue weighted by atomic mass is 9.95. The minimum Gasteiger partial charge on any atom is -0.409 e. The van der Waals surface area contributed by atoms with Gasteiger partial charge in [0.25, 0.3) is 5.91 Å². The molecular weight excluding hydrogens is 329 g/mol. The van der Waals surface area contributed by atoms with Crippen LogP contribution in [0.2, 0.25) is 0 Å². The van der Waals surface area contributed by atoms with Crippen LogP contribution in [0, 0.1) is 5.82 Å². The van der Waals surface area contributed by atoms with Crippen molar-refractivity contribution in [2.45, 2.75) is 31.2 Å². The molecule has 5 nitrogen and oxygen atoms in total. The van der Waals surface area contributed by atoms with Crippen molar-refractivity contribution in [3.05, 3.63) is 34.1 Å². The molecule has 4 N–H and O–H groups in total. The van der Waals surface area contributed by atoms with Gasteiger partial charge in [-0.05, 0) is 31.0 Å². The summed E-state index contributed by atoms with van der Waals surface area (Å²) in [6.07, 6.45) is 2.87. The number of hydrogen-bond donors (Lipinski definition) is 3. The number of carbonyl (C=O) groups is 1. The van der Waals surface area contributed by atoms with Crippen LogP contribution < -0.4 is 11.1 Å². The molecule has 1 aromatic rings. The van der Waals surface area contributed by atoms with E-state index in [9.17, 15) is 9.18 Å². The summed E-state index contributed by atoms with van der Waals surface area (Å²) in [6.45, 7) is 0. The van der Waals surface area contributed by atoms with Crippen molar-refractivity contribution in [2.24, 2.45) is 10.9 Å². The average molecular weight is 344 g/mol. The molecule has 0 radical (unpaired) electrons. The minimum absolute atomic E-state index is 0.0409. The van der Waals surface area contributed by atoms with Gasteiger partial charge < -0.3 is 16.3 Å². The highest BCUT2D eigenvalue weighted by Gasteiger charge is 2.40. The van der Waals surface area contributed by atoms with Gasteiger partial charge in [0.05, 0.1) is 5.56 Å². The summed E-state index contributed by atoms with van der Waals surface area (Å²) in [5.74, 6) is -1.23. The molecule has 1 aromatic carbocycles. The summed E-state index contributed by atoms with van der Waals surface area (Å²) in [6, 6.07) is 4.20. The molecule has 0 spiro atoms. The fourth-order valence-corrected chi connectivity index (χ4v) is 2.81. The summed E-state index contributed by atoms with van der Waals surface area (Å²) in [7, 11) is 0. The van der Waals surface area contributed by atoms with Crippen molar-refractivity contribution in [1.29, 1.82) is 0 Å². The highest BCUT2D eigenvalue weighted by atomic mass is 79.9. The molecule has 20 heavy (non-hydrogen) atoms. The van der Waals surface area contributed by atoms with Gasteiger partial charge in [-0.25, -0.2) is 4.39 Å². The highest BCUT2D eigenvalue weighted by Crippen LogP contribution is 2.30. The first-order valence-corrected chi connectivity index (χ1v) is 7.03. The Hall–Kier alpha value is -1.63. The first-order valence-electron chi connectivity index (χ1n) is 6.24. The number of carbonyl (C=O) groups excluding carboxylic acids is 1. The maximum absolute atomic E-state index is 13.8. The van der Waals surface area contributed by atoms with Gasteiger partial charge >= 0.3 is 0 Å². The molecule has 1 saturated carbocycles. The molecule has 108 valence electrons. The number of hydrogen-bond acceptors (Lipinski definition) is 3. The largest absolute Gasteiger partial charge is 0.409 e. The lowest BCUT2D eigenvalue weighted by Crippen LogP contribution is -2.55. The molecular formula is C13H15BrFN3O2. The third-order valence-electron chi connectivity index (χ3n) is 3.58. The Morgan fingerprint density at radius 3 is 2.65 bits per heavy atom. The quantitative estimate of drug-likeness (QED) is 0.340. The summed E-state index contributed by atoms with van der Waals surface area (Å²) >= 11 is 3.13. The van der Waals surface area contributed by atoms with E-state index in [0.29, 0.717) is 17.3 Å². The lowest BCUT2D eigenvalue weighted by Gasteiger charge is -2.28. The molecule has 0 atom stereocenters. The molecule has 0 aliphatic heterocycles. The number of halogens is 2. The van der Waals surface area contributed by atoms with Crippen LogP contribution >= 0.6 is 15.9 Å². The second kappa shape index (κ2) is 5.78. The lowest BCUT2D eigenvalue weighted by molar-refractivity contribution is 0.0918. The first kappa shape index (κ1) is 14.8. The van der Waals surface area contributed by atoms with Crippen molar-refractivity contribution < 1.29 is 14.4 Å². The van der Waals surface area contributed by atoms with Crippen LogP contribution in [0.1, 0.15) is 36.0 Å². The average Bonchev–Trinajstić information content (AvgIpc) is 2.87. The topological polar surface area (TPSA) is 87.7 Å². The van der Waals surface area contributed by atoms with Crippen molar-refractivity contribution >= 4 is 27.7 Å². The van der Waals surface area contributed by atoms with Crippen LogP contribution in [0.25, 0.3) is 0 Å². The number of oxime groups is 1. The molecule has 1 amide bonds. The van der Waals surface area contributed by atoms with Crippen LogP contribution in [-0.2, 0) is 0 Å². The maximum atomic E-state index is 13.8. The molecule has 7 heteroatoms. The Balaban J connectivity index is 2.25. The Morgan fingerprint density at radius 1 is 1.45 bits per heavy atom. The van der Waals surface area contributed by atoms with E-state index >= 15 is 0 Å². The molecule has 1 aliphatic rings. The number of nitrogens with zero attached hydrogens (tertiary/aromatic N) is 1. The van der Waals surface area contributed by atoms with E-state index in [2.05, 4.69) is 26.4 Å². The van der Waals surface area contributed by atoms with E-state index in [-0.39, 0.29) is 11.4 Å². The van der Waals surface area contributed by atoms with E-state index in [4.69, 9.17) is 10.9 Å². The number of benzene rings is 1. The predicted molar refractivity (Wildman–Crippen MR) is 76.2 cm³/mol. The molecule has 0 heterocycles. The Kier molecular flexibility index (Phi) is 4.27. The number of amides is 1. The van der Waals surface area contributed by atoms with Gasteiger partial charge in [-0.3, -0.25) is 4.79 Å². The van der Waals surface area contributed by atoms with Gasteiger partial charge in [-0.2, -0.15) is 0 Å². The van der Waals surface area contributed by atoms with E-state index < -0.39 is 17.3 Å². The standard InChI is InChI=1S/C13H15BrFN3O2/c14-8-3-4-9(10(15)7-8)11(19)17-13(12(16)18-20)5-1-2-6-13/h3-4,7,20H,1-2,5-6H2,(H2,16,18)(H,17,19). The van der Waals surface area contributed by atoms with Gasteiger partial charge in [-0.15, -0.1) is 0 Å². The van der Waals surface area contributed by atoms with Crippen LogP contribution in [0.4, 0.5) is 4.39 Å². The van der Waals surface area contributed by atoms with Crippen molar-refractivity contribution in [3.8, 4) is 0 Å². The van der Waals surface area contributed by atoms with E-state index in [1.54, 1.807) is 6.07 Å². The second-order valence-electron chi connectivity index (χ2n) is 4.85. The zero-order valence-corrected chi connectivity index (χ0v) is 12.3. The van der Waals surface area contributed by atoms with E-state index in [1.807, 2.05) is 0 Å².